The summed E-state index contributed by atoms with van der Waals surface area (Å²) in [4.78, 5) is 13.4. The van der Waals surface area contributed by atoms with E-state index in [1.165, 1.54) is 5.56 Å². The van der Waals surface area contributed by atoms with Crippen LogP contribution in [-0.4, -0.2) is 24.4 Å². The maximum Gasteiger partial charge on any atom is 0.267 e. The fraction of sp³-hybridized carbons (Fsp3) is 0.417. The average molecular weight is 284 g/mol. The van der Waals surface area contributed by atoms with Gasteiger partial charge in [-0.15, -0.1) is 0 Å². The summed E-state index contributed by atoms with van der Waals surface area (Å²) in [6.45, 7) is 1.77. The van der Waals surface area contributed by atoms with Crippen LogP contribution in [0.25, 0.3) is 0 Å². The molecule has 1 aliphatic heterocycles. The fourth-order valence-electron chi connectivity index (χ4n) is 1.82. The fourth-order valence-corrected chi connectivity index (χ4v) is 2.28. The summed E-state index contributed by atoms with van der Waals surface area (Å²) >= 11 is 3.41. The molecule has 1 atom stereocenters. The van der Waals surface area contributed by atoms with Gasteiger partial charge in [0, 0.05) is 12.4 Å². The Kier molecular flexibility index (Phi) is 3.19. The Morgan fingerprint density at radius 2 is 2.25 bits per heavy atom. The van der Waals surface area contributed by atoms with E-state index in [2.05, 4.69) is 15.9 Å². The van der Waals surface area contributed by atoms with Crippen LogP contribution in [0.4, 0.5) is 5.69 Å². The van der Waals surface area contributed by atoms with Gasteiger partial charge in [0.25, 0.3) is 5.91 Å². The normalized spacial score (nSPS) is 19.3. The molecule has 1 aromatic carbocycles. The molecule has 0 aromatic heterocycles. The predicted octanol–water partition coefficient (Wildman–Crippen LogP) is 2.37. The van der Waals surface area contributed by atoms with Gasteiger partial charge in [-0.1, -0.05) is 22.0 Å². The van der Waals surface area contributed by atoms with Gasteiger partial charge in [-0.05, 0) is 31.0 Å². The molecule has 1 aliphatic rings. The second-order valence-corrected chi connectivity index (χ2v) is 4.69. The first-order chi connectivity index (χ1) is 7.63. The highest BCUT2D eigenvalue weighted by molar-refractivity contribution is 9.09. The lowest BCUT2D eigenvalue weighted by Gasteiger charge is -2.30. The lowest BCUT2D eigenvalue weighted by molar-refractivity contribution is -0.125. The monoisotopic (exact) mass is 283 g/mol. The van der Waals surface area contributed by atoms with Crippen LogP contribution in [0.3, 0.4) is 0 Å². The van der Waals surface area contributed by atoms with E-state index < -0.39 is 0 Å². The van der Waals surface area contributed by atoms with Crippen LogP contribution in [0, 0.1) is 0 Å². The van der Waals surface area contributed by atoms with Crippen molar-refractivity contribution in [1.82, 2.24) is 0 Å². The highest BCUT2D eigenvalue weighted by Gasteiger charge is 2.28. The Morgan fingerprint density at radius 1 is 1.50 bits per heavy atom. The van der Waals surface area contributed by atoms with Crippen LogP contribution in [0.1, 0.15) is 12.5 Å². The number of fused-ring (bicyclic) bond motifs is 1. The molecule has 0 radical (unpaired) electrons. The molecule has 0 bridgehead atoms. The number of nitrogens with zero attached hydrogens (tertiary/aromatic N) is 1. The zero-order valence-corrected chi connectivity index (χ0v) is 11.0. The minimum Gasteiger partial charge on any atom is -0.479 e. The van der Waals surface area contributed by atoms with Gasteiger partial charge in [-0.2, -0.15) is 0 Å². The molecule has 2 rings (SSSR count). The van der Waals surface area contributed by atoms with Crippen molar-refractivity contribution in [1.29, 1.82) is 0 Å². The number of amides is 1. The number of carbonyl (C=O) groups is 1. The number of anilines is 1. The summed E-state index contributed by atoms with van der Waals surface area (Å²) in [7, 11) is 1.79. The van der Waals surface area contributed by atoms with E-state index in [0.29, 0.717) is 0 Å². The first-order valence-corrected chi connectivity index (χ1v) is 6.38. The van der Waals surface area contributed by atoms with Gasteiger partial charge in [-0.25, -0.2) is 0 Å². The van der Waals surface area contributed by atoms with Crippen LogP contribution in [0.15, 0.2) is 18.2 Å². The van der Waals surface area contributed by atoms with Crippen LogP contribution >= 0.6 is 15.9 Å². The number of ether oxygens (including phenoxy) is 1. The molecular weight excluding hydrogens is 270 g/mol. The standard InChI is InChI=1S/C12H14BrNO2/c1-8-12(15)14(2)10-7-9(5-6-13)3-4-11(10)16-8/h3-4,7-8H,5-6H2,1-2H3. The van der Waals surface area contributed by atoms with E-state index in [4.69, 9.17) is 4.74 Å². The minimum atomic E-state index is -0.389. The number of carbonyl (C=O) groups excluding carboxylic acids is 1. The van der Waals surface area contributed by atoms with Gasteiger partial charge in [0.1, 0.15) is 5.75 Å². The van der Waals surface area contributed by atoms with Crippen molar-refractivity contribution in [3.8, 4) is 5.75 Å². The molecule has 1 unspecified atom stereocenters. The van der Waals surface area contributed by atoms with E-state index >= 15 is 0 Å². The first kappa shape index (κ1) is 11.5. The zero-order valence-electron chi connectivity index (χ0n) is 9.37. The number of benzene rings is 1. The van der Waals surface area contributed by atoms with Gasteiger partial charge < -0.3 is 9.64 Å². The summed E-state index contributed by atoms with van der Waals surface area (Å²) < 4.78 is 5.54. The lowest BCUT2D eigenvalue weighted by Crippen LogP contribution is -2.42. The smallest absolute Gasteiger partial charge is 0.267 e. The number of halogens is 1. The number of aryl methyl sites for hydroxylation is 1. The third kappa shape index (κ3) is 1.94. The molecule has 3 nitrogen and oxygen atoms in total. The second kappa shape index (κ2) is 4.45. The predicted molar refractivity (Wildman–Crippen MR) is 67.4 cm³/mol. The molecule has 16 heavy (non-hydrogen) atoms. The summed E-state index contributed by atoms with van der Waals surface area (Å²) in [5.74, 6) is 0.788. The molecule has 0 saturated carbocycles. The highest BCUT2D eigenvalue weighted by Crippen LogP contribution is 2.34. The Morgan fingerprint density at radius 3 is 2.94 bits per heavy atom. The average Bonchev–Trinajstić information content (AvgIpc) is 2.28. The van der Waals surface area contributed by atoms with Crippen LogP contribution in [-0.2, 0) is 11.2 Å². The van der Waals surface area contributed by atoms with E-state index in [1.807, 2.05) is 18.2 Å². The maximum absolute atomic E-state index is 11.7. The molecule has 1 heterocycles. The maximum atomic E-state index is 11.7. The summed E-state index contributed by atoms with van der Waals surface area (Å²) in [5, 5.41) is 0.917. The summed E-state index contributed by atoms with van der Waals surface area (Å²) in [6.07, 6.45) is 0.560. The highest BCUT2D eigenvalue weighted by atomic mass is 79.9. The van der Waals surface area contributed by atoms with Crippen molar-refractivity contribution in [3.63, 3.8) is 0 Å². The van der Waals surface area contributed by atoms with E-state index in [-0.39, 0.29) is 12.0 Å². The van der Waals surface area contributed by atoms with Crippen molar-refractivity contribution >= 4 is 27.5 Å². The van der Waals surface area contributed by atoms with Crippen molar-refractivity contribution in [2.75, 3.05) is 17.3 Å². The quantitative estimate of drug-likeness (QED) is 0.780. The Hall–Kier alpha value is -1.03. The molecule has 1 aromatic rings. The summed E-state index contributed by atoms with van der Waals surface area (Å²) in [5.41, 5.74) is 2.06. The van der Waals surface area contributed by atoms with E-state index in [0.717, 1.165) is 23.2 Å². The third-order valence-corrected chi connectivity index (χ3v) is 3.15. The molecule has 1 amide bonds. The third-order valence-electron chi connectivity index (χ3n) is 2.75. The number of alkyl halides is 1. The number of likely N-dealkylation sites (N-methyl/N-ethyl adjacent to an activating group) is 1. The minimum absolute atomic E-state index is 0.00323. The van der Waals surface area contributed by atoms with Crippen molar-refractivity contribution in [3.05, 3.63) is 23.8 Å². The number of rotatable bonds is 2. The molecule has 0 saturated heterocycles. The van der Waals surface area contributed by atoms with Crippen LogP contribution in [0.2, 0.25) is 0 Å². The molecule has 0 N–H and O–H groups in total. The Balaban J connectivity index is 2.38. The molecule has 86 valence electrons. The molecule has 0 spiro atoms. The van der Waals surface area contributed by atoms with Crippen LogP contribution < -0.4 is 9.64 Å². The van der Waals surface area contributed by atoms with Gasteiger partial charge in [-0.3, -0.25) is 4.79 Å². The Labute approximate surface area is 104 Å². The zero-order chi connectivity index (χ0) is 11.7. The lowest BCUT2D eigenvalue weighted by atomic mass is 10.1. The van der Waals surface area contributed by atoms with Crippen LogP contribution in [0.5, 0.6) is 5.75 Å². The molecule has 0 aliphatic carbocycles. The van der Waals surface area contributed by atoms with E-state index in [9.17, 15) is 4.79 Å². The van der Waals surface area contributed by atoms with Crippen molar-refractivity contribution < 1.29 is 9.53 Å². The first-order valence-electron chi connectivity index (χ1n) is 5.26. The SMILES string of the molecule is CC1Oc2ccc(CCBr)cc2N(C)C1=O. The van der Waals surface area contributed by atoms with Gasteiger partial charge in [0.2, 0.25) is 0 Å². The van der Waals surface area contributed by atoms with Gasteiger partial charge >= 0.3 is 0 Å². The Bertz CT molecular complexity index is 419. The topological polar surface area (TPSA) is 29.5 Å². The largest absolute Gasteiger partial charge is 0.479 e. The van der Waals surface area contributed by atoms with Gasteiger partial charge in [0.05, 0.1) is 5.69 Å². The molecule has 0 fully saturated rings. The molecule has 4 heteroatoms. The number of hydrogen-bond acceptors (Lipinski definition) is 2. The van der Waals surface area contributed by atoms with E-state index in [1.54, 1.807) is 18.9 Å². The second-order valence-electron chi connectivity index (χ2n) is 3.90. The number of hydrogen-bond donors (Lipinski definition) is 0. The van der Waals surface area contributed by atoms with Crippen molar-refractivity contribution in [2.45, 2.75) is 19.4 Å². The summed E-state index contributed by atoms with van der Waals surface area (Å²) in [6, 6.07) is 5.99. The molecular formula is C12H14BrNO2. The van der Waals surface area contributed by atoms with Crippen molar-refractivity contribution in [2.24, 2.45) is 0 Å². The van der Waals surface area contributed by atoms with Gasteiger partial charge in [0.15, 0.2) is 6.10 Å².